The highest BCUT2D eigenvalue weighted by Gasteiger charge is 2.09. The molecule has 72 valence electrons. The topological polar surface area (TPSA) is 32.9 Å². The largest absolute Gasteiger partial charge is 0.360 e. The van der Waals surface area contributed by atoms with E-state index in [1.54, 1.807) is 18.3 Å². The fourth-order valence-electron chi connectivity index (χ4n) is 1.41. The third-order valence-corrected chi connectivity index (χ3v) is 2.82. The van der Waals surface area contributed by atoms with Gasteiger partial charge in [0.25, 0.3) is 0 Å². The highest BCUT2D eigenvalue weighted by molar-refractivity contribution is 6.43. The third-order valence-electron chi connectivity index (χ3n) is 2.10. The fraction of sp³-hybridized carbons (Fsp3) is 0.100. The van der Waals surface area contributed by atoms with Gasteiger partial charge >= 0.3 is 0 Å². The van der Waals surface area contributed by atoms with Crippen molar-refractivity contribution < 1.29 is 4.79 Å². The number of aromatic nitrogens is 1. The van der Waals surface area contributed by atoms with Crippen molar-refractivity contribution in [2.75, 3.05) is 0 Å². The van der Waals surface area contributed by atoms with Gasteiger partial charge in [-0.05, 0) is 19.1 Å². The average molecular weight is 228 g/mol. The summed E-state index contributed by atoms with van der Waals surface area (Å²) in [7, 11) is 0. The van der Waals surface area contributed by atoms with Gasteiger partial charge < -0.3 is 4.98 Å². The van der Waals surface area contributed by atoms with Crippen molar-refractivity contribution in [3.8, 4) is 0 Å². The van der Waals surface area contributed by atoms with Gasteiger partial charge in [-0.3, -0.25) is 4.79 Å². The van der Waals surface area contributed by atoms with Gasteiger partial charge in [-0.25, -0.2) is 0 Å². The Balaban J connectivity index is 2.80. The number of carbonyl (C=O) groups is 1. The Morgan fingerprint density at radius 2 is 1.93 bits per heavy atom. The molecule has 0 saturated heterocycles. The fourth-order valence-corrected chi connectivity index (χ4v) is 1.74. The van der Waals surface area contributed by atoms with E-state index in [4.69, 9.17) is 23.2 Å². The standard InChI is InChI=1S/C10H7Cl2NO/c1-5(14)7-4-13-10-3-9(12)8(11)2-6(7)10/h2-4,13H,1H3. The van der Waals surface area contributed by atoms with E-state index >= 15 is 0 Å². The van der Waals surface area contributed by atoms with E-state index in [-0.39, 0.29) is 5.78 Å². The first kappa shape index (κ1) is 9.56. The van der Waals surface area contributed by atoms with E-state index in [2.05, 4.69) is 4.98 Å². The van der Waals surface area contributed by atoms with Crippen molar-refractivity contribution in [3.63, 3.8) is 0 Å². The number of ketones is 1. The first-order valence-corrected chi connectivity index (χ1v) is 4.82. The Hall–Kier alpha value is -0.990. The molecule has 2 aromatic rings. The van der Waals surface area contributed by atoms with Crippen molar-refractivity contribution in [1.29, 1.82) is 0 Å². The summed E-state index contributed by atoms with van der Waals surface area (Å²) in [4.78, 5) is 14.2. The van der Waals surface area contributed by atoms with E-state index in [1.807, 2.05) is 0 Å². The normalized spacial score (nSPS) is 10.8. The van der Waals surface area contributed by atoms with Crippen LogP contribution in [-0.2, 0) is 0 Å². The Kier molecular flexibility index (Phi) is 2.25. The quantitative estimate of drug-likeness (QED) is 0.742. The number of carbonyl (C=O) groups excluding carboxylic acids is 1. The SMILES string of the molecule is CC(=O)c1c[nH]c2cc(Cl)c(Cl)cc12. The lowest BCUT2D eigenvalue weighted by Crippen LogP contribution is -1.88. The molecule has 14 heavy (non-hydrogen) atoms. The lowest BCUT2D eigenvalue weighted by molar-refractivity contribution is 0.101. The lowest BCUT2D eigenvalue weighted by atomic mass is 10.1. The molecule has 4 heteroatoms. The molecule has 0 fully saturated rings. The Labute approximate surface area is 90.8 Å². The third kappa shape index (κ3) is 1.41. The molecule has 1 N–H and O–H groups in total. The molecular formula is C10H7Cl2NO. The molecule has 0 aliphatic heterocycles. The smallest absolute Gasteiger partial charge is 0.161 e. The van der Waals surface area contributed by atoms with E-state index in [1.165, 1.54) is 6.92 Å². The molecule has 2 nitrogen and oxygen atoms in total. The maximum absolute atomic E-state index is 11.2. The van der Waals surface area contributed by atoms with Crippen molar-refractivity contribution in [3.05, 3.63) is 33.9 Å². The van der Waals surface area contributed by atoms with Crippen LogP contribution >= 0.6 is 23.2 Å². The van der Waals surface area contributed by atoms with Gasteiger partial charge in [0, 0.05) is 22.7 Å². The summed E-state index contributed by atoms with van der Waals surface area (Å²) >= 11 is 11.7. The van der Waals surface area contributed by atoms with Gasteiger partial charge in [0.15, 0.2) is 5.78 Å². The van der Waals surface area contributed by atoms with Gasteiger partial charge in [0.2, 0.25) is 0 Å². The first-order chi connectivity index (χ1) is 6.59. The molecule has 1 heterocycles. The second-order valence-electron chi connectivity index (χ2n) is 3.07. The number of H-pyrrole nitrogens is 1. The number of nitrogens with one attached hydrogen (secondary N) is 1. The molecule has 0 atom stereocenters. The Morgan fingerprint density at radius 3 is 2.57 bits per heavy atom. The zero-order chi connectivity index (χ0) is 10.3. The predicted octanol–water partition coefficient (Wildman–Crippen LogP) is 3.68. The van der Waals surface area contributed by atoms with Crippen LogP contribution in [0.5, 0.6) is 0 Å². The number of rotatable bonds is 1. The van der Waals surface area contributed by atoms with Crippen molar-refractivity contribution in [1.82, 2.24) is 4.98 Å². The molecular weight excluding hydrogens is 221 g/mol. The second-order valence-corrected chi connectivity index (χ2v) is 3.88. The van der Waals surface area contributed by atoms with Gasteiger partial charge in [0.1, 0.15) is 0 Å². The number of fused-ring (bicyclic) bond motifs is 1. The zero-order valence-corrected chi connectivity index (χ0v) is 8.91. The van der Waals surface area contributed by atoms with E-state index in [9.17, 15) is 4.79 Å². The van der Waals surface area contributed by atoms with Crippen LogP contribution in [0.25, 0.3) is 10.9 Å². The summed E-state index contributed by atoms with van der Waals surface area (Å²) in [5, 5.41) is 1.75. The highest BCUT2D eigenvalue weighted by Crippen LogP contribution is 2.29. The number of halogens is 2. The molecule has 0 spiro atoms. The van der Waals surface area contributed by atoms with Crippen LogP contribution in [0.3, 0.4) is 0 Å². The minimum Gasteiger partial charge on any atom is -0.360 e. The Morgan fingerprint density at radius 1 is 1.29 bits per heavy atom. The Bertz CT molecular complexity index is 516. The lowest BCUT2D eigenvalue weighted by Gasteiger charge is -1.97. The van der Waals surface area contributed by atoms with Crippen LogP contribution in [0, 0.1) is 0 Å². The van der Waals surface area contributed by atoms with Crippen LogP contribution in [0.4, 0.5) is 0 Å². The van der Waals surface area contributed by atoms with Crippen LogP contribution in [0.1, 0.15) is 17.3 Å². The molecule has 0 unspecified atom stereocenters. The van der Waals surface area contributed by atoms with Gasteiger partial charge in [0.05, 0.1) is 10.0 Å². The van der Waals surface area contributed by atoms with Crippen molar-refractivity contribution in [2.45, 2.75) is 6.92 Å². The van der Waals surface area contributed by atoms with Crippen molar-refractivity contribution in [2.24, 2.45) is 0 Å². The summed E-state index contributed by atoms with van der Waals surface area (Å²) < 4.78 is 0. The van der Waals surface area contributed by atoms with Crippen molar-refractivity contribution >= 4 is 39.9 Å². The summed E-state index contributed by atoms with van der Waals surface area (Å²) in [6.45, 7) is 1.52. The first-order valence-electron chi connectivity index (χ1n) is 4.06. The maximum atomic E-state index is 11.2. The summed E-state index contributed by atoms with van der Waals surface area (Å²) in [6, 6.07) is 3.41. The number of hydrogen-bond donors (Lipinski definition) is 1. The van der Waals surface area contributed by atoms with E-state index in [0.29, 0.717) is 15.6 Å². The van der Waals surface area contributed by atoms with Crippen LogP contribution in [-0.4, -0.2) is 10.8 Å². The summed E-state index contributed by atoms with van der Waals surface area (Å²) in [5.41, 5.74) is 1.46. The minimum atomic E-state index is 0.00893. The molecule has 0 aliphatic carbocycles. The molecule has 2 rings (SSSR count). The van der Waals surface area contributed by atoms with E-state index in [0.717, 1.165) is 10.9 Å². The maximum Gasteiger partial charge on any atom is 0.161 e. The summed E-state index contributed by atoms with van der Waals surface area (Å²) in [6.07, 6.45) is 1.67. The summed E-state index contributed by atoms with van der Waals surface area (Å²) in [5.74, 6) is 0.00893. The van der Waals surface area contributed by atoms with Crippen LogP contribution in [0.2, 0.25) is 10.0 Å². The average Bonchev–Trinajstić information content (AvgIpc) is 2.48. The molecule has 0 radical (unpaired) electrons. The second kappa shape index (κ2) is 3.30. The highest BCUT2D eigenvalue weighted by atomic mass is 35.5. The molecule has 1 aromatic heterocycles. The molecule has 0 saturated carbocycles. The predicted molar refractivity (Wildman–Crippen MR) is 58.3 cm³/mol. The molecule has 0 bridgehead atoms. The van der Waals surface area contributed by atoms with Gasteiger partial charge in [-0.2, -0.15) is 0 Å². The molecule has 1 aromatic carbocycles. The number of aromatic amines is 1. The van der Waals surface area contributed by atoms with Gasteiger partial charge in [-0.15, -0.1) is 0 Å². The van der Waals surface area contributed by atoms with E-state index < -0.39 is 0 Å². The molecule has 0 aliphatic rings. The van der Waals surface area contributed by atoms with Crippen LogP contribution < -0.4 is 0 Å². The van der Waals surface area contributed by atoms with Gasteiger partial charge in [-0.1, -0.05) is 23.2 Å². The molecule has 0 amide bonds. The monoisotopic (exact) mass is 227 g/mol. The minimum absolute atomic E-state index is 0.00893. The number of hydrogen-bond acceptors (Lipinski definition) is 1. The number of benzene rings is 1. The zero-order valence-electron chi connectivity index (χ0n) is 7.40. The van der Waals surface area contributed by atoms with Crippen LogP contribution in [0.15, 0.2) is 18.3 Å². The number of Topliss-reactive ketones (excluding diaryl/α,β-unsaturated/α-hetero) is 1.